The zero-order chi connectivity index (χ0) is 24.5. The Hall–Kier alpha value is -4.52. The summed E-state index contributed by atoms with van der Waals surface area (Å²) in [5.41, 5.74) is 1.95. The molecule has 1 aliphatic heterocycles. The number of ketones is 1. The Morgan fingerprint density at radius 1 is 0.943 bits per heavy atom. The number of ether oxygens (including phenoxy) is 2. The van der Waals surface area contributed by atoms with Crippen LogP contribution in [0.25, 0.3) is 11.0 Å². The van der Waals surface area contributed by atoms with Crippen molar-refractivity contribution >= 4 is 22.7 Å². The quantitative estimate of drug-likeness (QED) is 0.373. The Morgan fingerprint density at radius 2 is 1.66 bits per heavy atom. The number of aliphatic hydroxyl groups is 1. The predicted octanol–water partition coefficient (Wildman–Crippen LogP) is 5.23. The van der Waals surface area contributed by atoms with Gasteiger partial charge in [0.25, 0.3) is 5.91 Å². The Morgan fingerprint density at radius 3 is 2.37 bits per heavy atom. The van der Waals surface area contributed by atoms with Crippen molar-refractivity contribution in [1.82, 2.24) is 4.90 Å². The van der Waals surface area contributed by atoms with Crippen molar-refractivity contribution in [2.45, 2.75) is 12.6 Å². The standard InChI is InChI=1S/C28H23NO6/c1-33-21-13-12-19(15-22(21)34-2)25-24(26(30)23-14-18-10-6-7-11-20(18)35-23)27(31)28(32)29(25)16-17-8-4-3-5-9-17/h3-15,25,31H,16H2,1-2H3. The van der Waals surface area contributed by atoms with Gasteiger partial charge in [0, 0.05) is 11.9 Å². The summed E-state index contributed by atoms with van der Waals surface area (Å²) < 4.78 is 16.6. The molecule has 1 aliphatic rings. The fraction of sp³-hybridized carbons (Fsp3) is 0.143. The van der Waals surface area contributed by atoms with Crippen LogP contribution in [-0.2, 0) is 11.3 Å². The molecule has 35 heavy (non-hydrogen) atoms. The number of aliphatic hydroxyl groups excluding tert-OH is 1. The molecule has 176 valence electrons. The molecule has 1 aromatic heterocycles. The second kappa shape index (κ2) is 9.02. The average Bonchev–Trinajstić information content (AvgIpc) is 3.43. The van der Waals surface area contributed by atoms with Crippen LogP contribution in [0.3, 0.4) is 0 Å². The molecule has 4 aromatic rings. The molecule has 7 nitrogen and oxygen atoms in total. The van der Waals surface area contributed by atoms with Crippen LogP contribution in [0.5, 0.6) is 11.5 Å². The number of carbonyl (C=O) groups is 2. The average molecular weight is 469 g/mol. The molecule has 0 saturated carbocycles. The first-order chi connectivity index (χ1) is 17.0. The van der Waals surface area contributed by atoms with Crippen LogP contribution in [0.1, 0.15) is 27.7 Å². The van der Waals surface area contributed by atoms with E-state index < -0.39 is 23.5 Å². The van der Waals surface area contributed by atoms with Gasteiger partial charge in [-0.2, -0.15) is 0 Å². The molecule has 7 heteroatoms. The lowest BCUT2D eigenvalue weighted by molar-refractivity contribution is -0.130. The van der Waals surface area contributed by atoms with E-state index in [2.05, 4.69) is 0 Å². The van der Waals surface area contributed by atoms with Crippen LogP contribution in [0.2, 0.25) is 0 Å². The van der Waals surface area contributed by atoms with Gasteiger partial charge in [-0.15, -0.1) is 0 Å². The van der Waals surface area contributed by atoms with E-state index in [1.807, 2.05) is 48.5 Å². The van der Waals surface area contributed by atoms with E-state index in [0.717, 1.165) is 10.9 Å². The fourth-order valence-corrected chi connectivity index (χ4v) is 4.42. The van der Waals surface area contributed by atoms with E-state index >= 15 is 0 Å². The molecule has 3 aromatic carbocycles. The van der Waals surface area contributed by atoms with Crippen LogP contribution in [0.4, 0.5) is 0 Å². The van der Waals surface area contributed by atoms with Crippen LogP contribution < -0.4 is 9.47 Å². The van der Waals surface area contributed by atoms with Crippen molar-refractivity contribution in [2.24, 2.45) is 0 Å². The minimum Gasteiger partial charge on any atom is -0.503 e. The number of carbonyl (C=O) groups excluding carboxylic acids is 2. The molecule has 0 spiro atoms. The Bertz CT molecular complexity index is 1420. The number of hydrogen-bond donors (Lipinski definition) is 1. The third-order valence-corrected chi connectivity index (χ3v) is 6.12. The van der Waals surface area contributed by atoms with E-state index in [1.54, 1.807) is 30.3 Å². The molecule has 0 aliphatic carbocycles. The summed E-state index contributed by atoms with van der Waals surface area (Å²) in [6.07, 6.45) is 0. The van der Waals surface area contributed by atoms with E-state index in [9.17, 15) is 14.7 Å². The highest BCUT2D eigenvalue weighted by atomic mass is 16.5. The zero-order valence-corrected chi connectivity index (χ0v) is 19.2. The van der Waals surface area contributed by atoms with E-state index in [-0.39, 0.29) is 17.9 Å². The summed E-state index contributed by atoms with van der Waals surface area (Å²) >= 11 is 0. The topological polar surface area (TPSA) is 89.2 Å². The van der Waals surface area contributed by atoms with Gasteiger partial charge in [0.05, 0.1) is 25.8 Å². The number of furan rings is 1. The number of methoxy groups -OCH3 is 2. The molecule has 1 amide bonds. The second-order valence-corrected chi connectivity index (χ2v) is 8.18. The summed E-state index contributed by atoms with van der Waals surface area (Å²) in [5, 5.41) is 11.7. The number of nitrogens with zero attached hydrogens (tertiary/aromatic N) is 1. The molecule has 0 saturated heterocycles. The minimum absolute atomic E-state index is 0.0443. The van der Waals surface area contributed by atoms with Gasteiger partial charge in [0.2, 0.25) is 5.78 Å². The van der Waals surface area contributed by atoms with Crippen LogP contribution >= 0.6 is 0 Å². The lowest BCUT2D eigenvalue weighted by Crippen LogP contribution is -2.30. The predicted molar refractivity (Wildman–Crippen MR) is 129 cm³/mol. The first-order valence-corrected chi connectivity index (χ1v) is 11.0. The third-order valence-electron chi connectivity index (χ3n) is 6.12. The maximum atomic E-state index is 13.7. The highest BCUT2D eigenvalue weighted by Crippen LogP contribution is 2.42. The molecule has 2 heterocycles. The highest BCUT2D eigenvalue weighted by molar-refractivity contribution is 6.16. The SMILES string of the molecule is COc1ccc(C2C(C(=O)c3cc4ccccc4o3)=C(O)C(=O)N2Cc2ccccc2)cc1OC. The Balaban J connectivity index is 1.63. The molecule has 1 unspecified atom stereocenters. The van der Waals surface area contributed by atoms with Gasteiger partial charge in [-0.1, -0.05) is 54.6 Å². The van der Waals surface area contributed by atoms with Gasteiger partial charge in [-0.3, -0.25) is 9.59 Å². The first-order valence-electron chi connectivity index (χ1n) is 11.0. The lowest BCUT2D eigenvalue weighted by Gasteiger charge is -2.27. The lowest BCUT2D eigenvalue weighted by atomic mass is 9.94. The minimum atomic E-state index is -0.858. The van der Waals surface area contributed by atoms with Crippen molar-refractivity contribution in [3.05, 3.63) is 107 Å². The molecule has 1 N–H and O–H groups in total. The van der Waals surface area contributed by atoms with Crippen molar-refractivity contribution < 1.29 is 28.6 Å². The summed E-state index contributed by atoms with van der Waals surface area (Å²) in [6.45, 7) is 0.194. The summed E-state index contributed by atoms with van der Waals surface area (Å²) in [7, 11) is 3.04. The number of rotatable bonds is 7. The molecular formula is C28H23NO6. The van der Waals surface area contributed by atoms with Crippen LogP contribution in [-0.4, -0.2) is 35.9 Å². The molecule has 5 rings (SSSR count). The highest BCUT2D eigenvalue weighted by Gasteiger charge is 2.44. The number of para-hydroxylation sites is 1. The number of Topliss-reactive ketones (excluding diaryl/α,β-unsaturated/α-hetero) is 1. The zero-order valence-electron chi connectivity index (χ0n) is 19.2. The molecule has 1 atom stereocenters. The summed E-state index contributed by atoms with van der Waals surface area (Å²) in [4.78, 5) is 28.4. The number of amides is 1. The molecule has 0 bridgehead atoms. The monoisotopic (exact) mass is 469 g/mol. The Labute approximate surface area is 201 Å². The van der Waals surface area contributed by atoms with Gasteiger partial charge < -0.3 is 23.9 Å². The molecule has 0 fully saturated rings. The third kappa shape index (κ3) is 3.91. The van der Waals surface area contributed by atoms with Crippen molar-refractivity contribution in [3.8, 4) is 11.5 Å². The van der Waals surface area contributed by atoms with Crippen molar-refractivity contribution in [2.75, 3.05) is 14.2 Å². The number of benzene rings is 3. The van der Waals surface area contributed by atoms with E-state index in [1.165, 1.54) is 19.1 Å². The number of hydrogen-bond acceptors (Lipinski definition) is 6. The van der Waals surface area contributed by atoms with Crippen LogP contribution in [0, 0.1) is 0 Å². The van der Waals surface area contributed by atoms with Gasteiger partial charge in [0.1, 0.15) is 5.58 Å². The maximum absolute atomic E-state index is 13.7. The normalized spacial score (nSPS) is 15.7. The van der Waals surface area contributed by atoms with Crippen molar-refractivity contribution in [3.63, 3.8) is 0 Å². The van der Waals surface area contributed by atoms with Gasteiger partial charge >= 0.3 is 0 Å². The van der Waals surface area contributed by atoms with Gasteiger partial charge in [0.15, 0.2) is 23.0 Å². The first kappa shape index (κ1) is 22.3. The summed E-state index contributed by atoms with van der Waals surface area (Å²) in [5.74, 6) is -0.776. The second-order valence-electron chi connectivity index (χ2n) is 8.18. The largest absolute Gasteiger partial charge is 0.503 e. The summed E-state index contributed by atoms with van der Waals surface area (Å²) in [6, 6.07) is 22.6. The van der Waals surface area contributed by atoms with E-state index in [4.69, 9.17) is 13.9 Å². The number of fused-ring (bicyclic) bond motifs is 1. The van der Waals surface area contributed by atoms with Gasteiger partial charge in [-0.05, 0) is 35.4 Å². The maximum Gasteiger partial charge on any atom is 0.290 e. The fourth-order valence-electron chi connectivity index (χ4n) is 4.42. The molecule has 0 radical (unpaired) electrons. The van der Waals surface area contributed by atoms with Gasteiger partial charge in [-0.25, -0.2) is 0 Å². The van der Waals surface area contributed by atoms with Crippen LogP contribution in [0.15, 0.2) is 94.6 Å². The van der Waals surface area contributed by atoms with Crippen molar-refractivity contribution in [1.29, 1.82) is 0 Å². The Kier molecular flexibility index (Phi) is 5.74. The van der Waals surface area contributed by atoms with E-state index in [0.29, 0.717) is 22.6 Å². The molecular weight excluding hydrogens is 446 g/mol. The smallest absolute Gasteiger partial charge is 0.290 e.